The van der Waals surface area contributed by atoms with Crippen LogP contribution in [0.5, 0.6) is 0 Å². The van der Waals surface area contributed by atoms with Gasteiger partial charge in [0.1, 0.15) is 5.82 Å². The first-order valence-electron chi connectivity index (χ1n) is 6.85. The number of rotatable bonds is 4. The number of nitrogens with zero attached hydrogens (tertiary/aromatic N) is 1. The maximum Gasteiger partial charge on any atom is 0.106 e. The molecular formula is C16H23N3. The van der Waals surface area contributed by atoms with E-state index in [1.807, 2.05) is 13.1 Å². The molecule has 2 aromatic rings. The van der Waals surface area contributed by atoms with Crippen LogP contribution >= 0.6 is 0 Å². The molecule has 0 bridgehead atoms. The molecule has 1 aromatic heterocycles. The van der Waals surface area contributed by atoms with Crippen molar-refractivity contribution in [1.82, 2.24) is 9.97 Å². The number of benzene rings is 1. The lowest BCUT2D eigenvalue weighted by Gasteiger charge is -2.08. The maximum absolute atomic E-state index is 5.78. The summed E-state index contributed by atoms with van der Waals surface area (Å²) in [7, 11) is 0. The minimum atomic E-state index is 0.219. The van der Waals surface area contributed by atoms with E-state index in [-0.39, 0.29) is 6.04 Å². The highest BCUT2D eigenvalue weighted by molar-refractivity contribution is 5.65. The van der Waals surface area contributed by atoms with Crippen LogP contribution in [0.2, 0.25) is 0 Å². The zero-order valence-corrected chi connectivity index (χ0v) is 12.2. The van der Waals surface area contributed by atoms with Gasteiger partial charge in [0.15, 0.2) is 0 Å². The number of imidazole rings is 1. The van der Waals surface area contributed by atoms with Crippen molar-refractivity contribution in [2.45, 2.75) is 46.6 Å². The van der Waals surface area contributed by atoms with E-state index < -0.39 is 0 Å². The Balaban J connectivity index is 2.25. The topological polar surface area (TPSA) is 54.7 Å². The molecule has 3 heteroatoms. The Kier molecular flexibility index (Phi) is 4.05. The van der Waals surface area contributed by atoms with E-state index in [0.717, 1.165) is 24.4 Å². The first kappa shape index (κ1) is 13.8. The van der Waals surface area contributed by atoms with E-state index in [0.29, 0.717) is 0 Å². The van der Waals surface area contributed by atoms with Crippen LogP contribution in [0.3, 0.4) is 0 Å². The van der Waals surface area contributed by atoms with Gasteiger partial charge in [0, 0.05) is 18.0 Å². The van der Waals surface area contributed by atoms with Crippen molar-refractivity contribution < 1.29 is 0 Å². The largest absolute Gasteiger partial charge is 0.342 e. The van der Waals surface area contributed by atoms with Crippen molar-refractivity contribution in [3.8, 4) is 11.3 Å². The average molecular weight is 257 g/mol. The Morgan fingerprint density at radius 1 is 1.16 bits per heavy atom. The number of nitrogens with one attached hydrogen (secondary N) is 1. The van der Waals surface area contributed by atoms with Gasteiger partial charge in [0.25, 0.3) is 0 Å². The molecular weight excluding hydrogens is 234 g/mol. The van der Waals surface area contributed by atoms with Gasteiger partial charge >= 0.3 is 0 Å². The third-order valence-corrected chi connectivity index (χ3v) is 3.60. The predicted molar refractivity (Wildman–Crippen MR) is 80.2 cm³/mol. The molecule has 0 aliphatic rings. The molecule has 0 aliphatic heterocycles. The third-order valence-electron chi connectivity index (χ3n) is 3.60. The normalized spacial score (nSPS) is 12.7. The number of H-pyrrole nitrogens is 1. The highest BCUT2D eigenvalue weighted by atomic mass is 14.9. The predicted octanol–water partition coefficient (Wildman–Crippen LogP) is 3.28. The van der Waals surface area contributed by atoms with Crippen LogP contribution in [-0.2, 0) is 6.42 Å². The summed E-state index contributed by atoms with van der Waals surface area (Å²) in [6.45, 7) is 8.46. The summed E-state index contributed by atoms with van der Waals surface area (Å²) in [6.07, 6.45) is 3.79. The van der Waals surface area contributed by atoms with Crippen molar-refractivity contribution in [1.29, 1.82) is 0 Å². The van der Waals surface area contributed by atoms with Gasteiger partial charge in [0.2, 0.25) is 0 Å². The fourth-order valence-electron chi connectivity index (χ4n) is 2.24. The fraction of sp³-hybridized carbons (Fsp3) is 0.438. The summed E-state index contributed by atoms with van der Waals surface area (Å²) in [5, 5.41) is 0. The third kappa shape index (κ3) is 3.24. The molecule has 0 amide bonds. The van der Waals surface area contributed by atoms with Crippen LogP contribution in [0, 0.1) is 20.8 Å². The Morgan fingerprint density at radius 2 is 1.84 bits per heavy atom. The van der Waals surface area contributed by atoms with Crippen LogP contribution in [0.1, 0.15) is 35.9 Å². The van der Waals surface area contributed by atoms with Gasteiger partial charge in [-0.05, 0) is 56.9 Å². The quantitative estimate of drug-likeness (QED) is 0.883. The Labute approximate surface area is 115 Å². The summed E-state index contributed by atoms with van der Waals surface area (Å²) in [5.74, 6) is 1.02. The van der Waals surface area contributed by atoms with Gasteiger partial charge in [-0.1, -0.05) is 6.07 Å². The highest BCUT2D eigenvalue weighted by Gasteiger charge is 2.08. The molecule has 19 heavy (non-hydrogen) atoms. The lowest BCUT2D eigenvalue weighted by molar-refractivity contribution is 0.652. The number of aryl methyl sites for hydroxylation is 4. The van der Waals surface area contributed by atoms with E-state index >= 15 is 0 Å². The molecule has 3 nitrogen and oxygen atoms in total. The number of nitrogens with two attached hydrogens (primary N) is 1. The van der Waals surface area contributed by atoms with Gasteiger partial charge in [-0.15, -0.1) is 0 Å². The van der Waals surface area contributed by atoms with Gasteiger partial charge in [-0.2, -0.15) is 0 Å². The van der Waals surface area contributed by atoms with Crippen LogP contribution in [0.4, 0.5) is 0 Å². The SMILES string of the molecule is Cc1cc(C)c(-c2cnc(CCC(C)N)[nH]2)cc1C. The Morgan fingerprint density at radius 3 is 2.53 bits per heavy atom. The first-order valence-corrected chi connectivity index (χ1v) is 6.85. The highest BCUT2D eigenvalue weighted by Crippen LogP contribution is 2.25. The zero-order chi connectivity index (χ0) is 14.0. The van der Waals surface area contributed by atoms with Crippen molar-refractivity contribution >= 4 is 0 Å². The van der Waals surface area contributed by atoms with Crippen LogP contribution in [0.25, 0.3) is 11.3 Å². The van der Waals surface area contributed by atoms with Crippen molar-refractivity contribution in [3.05, 3.63) is 40.8 Å². The second-order valence-corrected chi connectivity index (χ2v) is 5.51. The molecule has 0 spiro atoms. The van der Waals surface area contributed by atoms with Crippen LogP contribution in [-0.4, -0.2) is 16.0 Å². The van der Waals surface area contributed by atoms with Gasteiger partial charge in [0.05, 0.1) is 11.9 Å². The van der Waals surface area contributed by atoms with E-state index in [1.165, 1.54) is 22.3 Å². The molecule has 1 heterocycles. The van der Waals surface area contributed by atoms with E-state index in [2.05, 4.69) is 42.9 Å². The zero-order valence-electron chi connectivity index (χ0n) is 12.2. The van der Waals surface area contributed by atoms with Crippen LogP contribution < -0.4 is 5.73 Å². The fourth-order valence-corrected chi connectivity index (χ4v) is 2.24. The molecule has 1 unspecified atom stereocenters. The minimum Gasteiger partial charge on any atom is -0.342 e. The minimum absolute atomic E-state index is 0.219. The lowest BCUT2D eigenvalue weighted by Crippen LogP contribution is -2.15. The smallest absolute Gasteiger partial charge is 0.106 e. The van der Waals surface area contributed by atoms with Gasteiger partial charge in [-0.3, -0.25) is 0 Å². The van der Waals surface area contributed by atoms with E-state index in [4.69, 9.17) is 5.73 Å². The summed E-state index contributed by atoms with van der Waals surface area (Å²) in [4.78, 5) is 7.85. The molecule has 0 radical (unpaired) electrons. The standard InChI is InChI=1S/C16H23N3/c1-10-7-12(3)14(8-11(10)2)15-9-18-16(19-15)6-5-13(4)17/h7-9,13H,5-6,17H2,1-4H3,(H,18,19). The second-order valence-electron chi connectivity index (χ2n) is 5.51. The second kappa shape index (κ2) is 5.57. The molecule has 0 aliphatic carbocycles. The summed E-state index contributed by atoms with van der Waals surface area (Å²) in [6, 6.07) is 4.68. The average Bonchev–Trinajstić information content (AvgIpc) is 2.80. The van der Waals surface area contributed by atoms with Crippen molar-refractivity contribution in [2.75, 3.05) is 0 Å². The number of aromatic amines is 1. The molecule has 1 aromatic carbocycles. The van der Waals surface area contributed by atoms with E-state index in [1.54, 1.807) is 0 Å². The van der Waals surface area contributed by atoms with E-state index in [9.17, 15) is 0 Å². The molecule has 0 fully saturated rings. The van der Waals surface area contributed by atoms with Gasteiger partial charge < -0.3 is 10.7 Å². The Bertz CT molecular complexity index is 567. The molecule has 1 atom stereocenters. The Hall–Kier alpha value is -1.61. The number of aromatic nitrogens is 2. The van der Waals surface area contributed by atoms with Crippen molar-refractivity contribution in [3.63, 3.8) is 0 Å². The summed E-state index contributed by atoms with van der Waals surface area (Å²) >= 11 is 0. The molecule has 0 saturated carbocycles. The monoisotopic (exact) mass is 257 g/mol. The molecule has 0 saturated heterocycles. The lowest BCUT2D eigenvalue weighted by atomic mass is 9.99. The van der Waals surface area contributed by atoms with Crippen LogP contribution in [0.15, 0.2) is 18.3 Å². The summed E-state index contributed by atoms with van der Waals surface area (Å²) in [5.41, 5.74) is 12.0. The molecule has 2 rings (SSSR count). The summed E-state index contributed by atoms with van der Waals surface area (Å²) < 4.78 is 0. The number of hydrogen-bond acceptors (Lipinski definition) is 2. The van der Waals surface area contributed by atoms with Crippen molar-refractivity contribution in [2.24, 2.45) is 5.73 Å². The number of hydrogen-bond donors (Lipinski definition) is 2. The molecule has 3 N–H and O–H groups in total. The maximum atomic E-state index is 5.78. The van der Waals surface area contributed by atoms with Gasteiger partial charge in [-0.25, -0.2) is 4.98 Å². The molecule has 102 valence electrons. The first-order chi connectivity index (χ1) is 8.97.